The molecular weight excluding hydrogens is 286 g/mol. The molecule has 2 rings (SSSR count). The van der Waals surface area contributed by atoms with E-state index in [0.29, 0.717) is 5.82 Å². The molecule has 0 spiro atoms. The van der Waals surface area contributed by atoms with Gasteiger partial charge in [0, 0.05) is 12.7 Å². The zero-order valence-corrected chi connectivity index (χ0v) is 12.6. The van der Waals surface area contributed by atoms with E-state index in [4.69, 9.17) is 4.74 Å². The summed E-state index contributed by atoms with van der Waals surface area (Å²) >= 11 is 0. The highest BCUT2D eigenvalue weighted by molar-refractivity contribution is 5.75. The highest BCUT2D eigenvalue weighted by Crippen LogP contribution is 2.02. The number of urea groups is 1. The molecule has 8 heteroatoms. The summed E-state index contributed by atoms with van der Waals surface area (Å²) in [6, 6.07) is 5.19. The molecule has 118 valence electrons. The SMILES string of the molecule is CC(C)OC(=O)CCNC(=O)NCc1nnc2ccccn12. The van der Waals surface area contributed by atoms with Crippen molar-refractivity contribution in [3.8, 4) is 0 Å². The second-order valence-corrected chi connectivity index (χ2v) is 4.94. The number of carbonyl (C=O) groups excluding carboxylic acids is 2. The van der Waals surface area contributed by atoms with Gasteiger partial charge in [-0.15, -0.1) is 10.2 Å². The van der Waals surface area contributed by atoms with Gasteiger partial charge in [0.1, 0.15) is 0 Å². The van der Waals surface area contributed by atoms with Gasteiger partial charge in [-0.3, -0.25) is 9.20 Å². The second kappa shape index (κ2) is 7.39. The zero-order valence-electron chi connectivity index (χ0n) is 12.6. The summed E-state index contributed by atoms with van der Waals surface area (Å²) in [6.45, 7) is 4.02. The predicted molar refractivity (Wildman–Crippen MR) is 79.1 cm³/mol. The van der Waals surface area contributed by atoms with Gasteiger partial charge in [0.25, 0.3) is 0 Å². The van der Waals surface area contributed by atoms with Crippen LogP contribution in [0.5, 0.6) is 0 Å². The smallest absolute Gasteiger partial charge is 0.315 e. The van der Waals surface area contributed by atoms with Crippen molar-refractivity contribution in [3.05, 3.63) is 30.2 Å². The van der Waals surface area contributed by atoms with Crippen molar-refractivity contribution in [2.45, 2.75) is 32.9 Å². The molecule has 2 N–H and O–H groups in total. The predicted octanol–water partition coefficient (Wildman–Crippen LogP) is 0.870. The number of hydrogen-bond donors (Lipinski definition) is 2. The Labute approximate surface area is 127 Å². The maximum atomic E-state index is 11.6. The highest BCUT2D eigenvalue weighted by Gasteiger charge is 2.08. The molecule has 22 heavy (non-hydrogen) atoms. The summed E-state index contributed by atoms with van der Waals surface area (Å²) in [5, 5.41) is 13.2. The van der Waals surface area contributed by atoms with Crippen LogP contribution in [0.3, 0.4) is 0 Å². The second-order valence-electron chi connectivity index (χ2n) is 4.94. The van der Waals surface area contributed by atoms with E-state index < -0.39 is 0 Å². The lowest BCUT2D eigenvalue weighted by Crippen LogP contribution is -2.36. The van der Waals surface area contributed by atoms with E-state index in [9.17, 15) is 9.59 Å². The van der Waals surface area contributed by atoms with Crippen LogP contribution in [0.25, 0.3) is 5.65 Å². The average Bonchev–Trinajstić information content (AvgIpc) is 2.87. The fourth-order valence-electron chi connectivity index (χ4n) is 1.83. The van der Waals surface area contributed by atoms with E-state index in [0.717, 1.165) is 5.65 Å². The van der Waals surface area contributed by atoms with E-state index in [1.807, 2.05) is 24.4 Å². The molecule has 8 nitrogen and oxygen atoms in total. The molecule has 0 radical (unpaired) electrons. The number of nitrogens with one attached hydrogen (secondary N) is 2. The largest absolute Gasteiger partial charge is 0.463 e. The lowest BCUT2D eigenvalue weighted by molar-refractivity contribution is -0.147. The van der Waals surface area contributed by atoms with Crippen LogP contribution < -0.4 is 10.6 Å². The Hall–Kier alpha value is -2.64. The van der Waals surface area contributed by atoms with Gasteiger partial charge in [-0.05, 0) is 26.0 Å². The zero-order chi connectivity index (χ0) is 15.9. The summed E-state index contributed by atoms with van der Waals surface area (Å²) in [5.41, 5.74) is 0.719. The van der Waals surface area contributed by atoms with Crippen LogP contribution in [0.2, 0.25) is 0 Å². The minimum absolute atomic E-state index is 0.138. The normalized spacial score (nSPS) is 10.7. The number of nitrogens with zero attached hydrogens (tertiary/aromatic N) is 3. The van der Waals surface area contributed by atoms with Crippen molar-refractivity contribution in [1.82, 2.24) is 25.2 Å². The molecule has 0 fully saturated rings. The Balaban J connectivity index is 1.73. The number of amides is 2. The van der Waals surface area contributed by atoms with Crippen molar-refractivity contribution in [2.75, 3.05) is 6.54 Å². The molecule has 0 bridgehead atoms. The number of pyridine rings is 1. The van der Waals surface area contributed by atoms with E-state index in [1.54, 1.807) is 18.2 Å². The van der Waals surface area contributed by atoms with Gasteiger partial charge in [-0.2, -0.15) is 0 Å². The third kappa shape index (κ3) is 4.44. The molecule has 0 saturated heterocycles. The van der Waals surface area contributed by atoms with Gasteiger partial charge in [0.05, 0.1) is 19.1 Å². The Kier molecular flexibility index (Phi) is 5.29. The molecule has 2 heterocycles. The summed E-state index contributed by atoms with van der Waals surface area (Å²) in [7, 11) is 0. The fourth-order valence-corrected chi connectivity index (χ4v) is 1.83. The monoisotopic (exact) mass is 305 g/mol. The molecule has 0 unspecified atom stereocenters. The number of hydrogen-bond acceptors (Lipinski definition) is 5. The minimum atomic E-state index is -0.370. The van der Waals surface area contributed by atoms with Crippen LogP contribution in [0.15, 0.2) is 24.4 Å². The molecule has 2 aromatic heterocycles. The van der Waals surface area contributed by atoms with E-state index in [-0.39, 0.29) is 37.6 Å². The van der Waals surface area contributed by atoms with Crippen LogP contribution in [-0.4, -0.2) is 39.2 Å². The van der Waals surface area contributed by atoms with Crippen molar-refractivity contribution in [3.63, 3.8) is 0 Å². The van der Waals surface area contributed by atoms with Crippen LogP contribution in [0.1, 0.15) is 26.1 Å². The lowest BCUT2D eigenvalue weighted by Gasteiger charge is -2.09. The van der Waals surface area contributed by atoms with Gasteiger partial charge >= 0.3 is 12.0 Å². The van der Waals surface area contributed by atoms with Crippen molar-refractivity contribution in [1.29, 1.82) is 0 Å². The Morgan fingerprint density at radius 1 is 1.27 bits per heavy atom. The van der Waals surface area contributed by atoms with E-state index in [2.05, 4.69) is 20.8 Å². The molecule has 2 aromatic rings. The first kappa shape index (κ1) is 15.7. The molecule has 0 aliphatic heterocycles. The van der Waals surface area contributed by atoms with Crippen LogP contribution >= 0.6 is 0 Å². The third-order valence-corrected chi connectivity index (χ3v) is 2.77. The first-order chi connectivity index (χ1) is 10.6. The van der Waals surface area contributed by atoms with Gasteiger partial charge in [-0.25, -0.2) is 4.79 Å². The molecule has 0 saturated carbocycles. The van der Waals surface area contributed by atoms with Gasteiger partial charge in [0.2, 0.25) is 0 Å². The van der Waals surface area contributed by atoms with Crippen molar-refractivity contribution in [2.24, 2.45) is 0 Å². The number of rotatable bonds is 6. The Morgan fingerprint density at radius 3 is 2.86 bits per heavy atom. The quantitative estimate of drug-likeness (QED) is 0.772. The first-order valence-corrected chi connectivity index (χ1v) is 7.06. The van der Waals surface area contributed by atoms with Crippen LogP contribution in [0, 0.1) is 0 Å². The number of ether oxygens (including phenoxy) is 1. The summed E-state index contributed by atoms with van der Waals surface area (Å²) in [6.07, 6.45) is 1.81. The molecule has 0 atom stereocenters. The van der Waals surface area contributed by atoms with E-state index >= 15 is 0 Å². The highest BCUT2D eigenvalue weighted by atomic mass is 16.5. The maximum Gasteiger partial charge on any atom is 0.315 e. The van der Waals surface area contributed by atoms with Crippen molar-refractivity contribution < 1.29 is 14.3 Å². The Morgan fingerprint density at radius 2 is 2.09 bits per heavy atom. The topological polar surface area (TPSA) is 97.6 Å². The number of aromatic nitrogens is 3. The Bertz CT molecular complexity index is 653. The summed E-state index contributed by atoms with van der Waals surface area (Å²) in [5.74, 6) is 0.295. The number of carbonyl (C=O) groups is 2. The lowest BCUT2D eigenvalue weighted by atomic mass is 10.4. The minimum Gasteiger partial charge on any atom is -0.463 e. The first-order valence-electron chi connectivity index (χ1n) is 7.06. The molecule has 2 amide bonds. The fraction of sp³-hybridized carbons (Fsp3) is 0.429. The molecule has 0 aliphatic rings. The van der Waals surface area contributed by atoms with Gasteiger partial charge in [-0.1, -0.05) is 6.07 Å². The van der Waals surface area contributed by atoms with E-state index in [1.165, 1.54) is 0 Å². The number of fused-ring (bicyclic) bond motifs is 1. The third-order valence-electron chi connectivity index (χ3n) is 2.77. The molecule has 0 aromatic carbocycles. The van der Waals surface area contributed by atoms with Gasteiger partial charge in [0.15, 0.2) is 11.5 Å². The van der Waals surface area contributed by atoms with Gasteiger partial charge < -0.3 is 15.4 Å². The molecule has 0 aliphatic carbocycles. The van der Waals surface area contributed by atoms with Crippen LogP contribution in [0.4, 0.5) is 4.79 Å². The van der Waals surface area contributed by atoms with Crippen molar-refractivity contribution >= 4 is 17.6 Å². The summed E-state index contributed by atoms with van der Waals surface area (Å²) in [4.78, 5) is 23.0. The average molecular weight is 305 g/mol. The summed E-state index contributed by atoms with van der Waals surface area (Å²) < 4.78 is 6.76. The standard InChI is InChI=1S/C14H19N5O3/c1-10(2)22-13(20)6-7-15-14(21)16-9-12-18-17-11-5-3-4-8-19(11)12/h3-5,8,10H,6-7,9H2,1-2H3,(H2,15,16,21). The number of esters is 1. The van der Waals surface area contributed by atoms with Crippen LogP contribution in [-0.2, 0) is 16.1 Å². The maximum absolute atomic E-state index is 11.6. The molecular formula is C14H19N5O3.